The van der Waals surface area contributed by atoms with Gasteiger partial charge in [0.05, 0.1) is 39.1 Å². The number of imide groups is 1. The number of nitrogens with zero attached hydrogens (tertiary/aromatic N) is 2. The molecule has 8 nitrogen and oxygen atoms in total. The van der Waals surface area contributed by atoms with Crippen molar-refractivity contribution < 1.29 is 28.6 Å². The van der Waals surface area contributed by atoms with Crippen LogP contribution in [0.2, 0.25) is 0 Å². The second kappa shape index (κ2) is 7.61. The molecule has 0 aromatic heterocycles. The Morgan fingerprint density at radius 2 is 1.55 bits per heavy atom. The fraction of sp³-hybridized carbons (Fsp3) is 0.348. The number of amides is 2. The van der Waals surface area contributed by atoms with Crippen molar-refractivity contribution in [3.8, 4) is 17.2 Å². The summed E-state index contributed by atoms with van der Waals surface area (Å²) in [5, 5.41) is 4.18. The van der Waals surface area contributed by atoms with Crippen molar-refractivity contribution in [2.45, 2.75) is 32.3 Å². The molecular weight excluding hydrogens is 400 g/mol. The number of benzene rings is 2. The van der Waals surface area contributed by atoms with Crippen molar-refractivity contribution in [3.63, 3.8) is 0 Å². The molecule has 1 saturated heterocycles. The van der Waals surface area contributed by atoms with Gasteiger partial charge in [-0.15, -0.1) is 0 Å². The fourth-order valence-electron chi connectivity index (χ4n) is 4.19. The summed E-state index contributed by atoms with van der Waals surface area (Å²) in [4.78, 5) is 33.2. The SMILES string of the molecule is COc1cc(OC)c(C2=NOC3(CC(=O)N(c4c(C)cccc4C)C3=O)C2)cc1OC. The first-order chi connectivity index (χ1) is 14.8. The Morgan fingerprint density at radius 1 is 0.935 bits per heavy atom. The summed E-state index contributed by atoms with van der Waals surface area (Å²) in [6, 6.07) is 9.06. The first-order valence-electron chi connectivity index (χ1n) is 9.84. The van der Waals surface area contributed by atoms with Gasteiger partial charge < -0.3 is 19.0 Å². The Balaban J connectivity index is 1.69. The molecular formula is C23H24N2O6. The number of aryl methyl sites for hydroxylation is 2. The second-order valence-electron chi connectivity index (χ2n) is 7.66. The molecule has 1 atom stereocenters. The maximum atomic E-state index is 13.4. The Kier molecular flexibility index (Phi) is 5.08. The van der Waals surface area contributed by atoms with Gasteiger partial charge in [0.25, 0.3) is 5.91 Å². The Bertz CT molecular complexity index is 1090. The molecule has 4 rings (SSSR count). The molecule has 0 aliphatic carbocycles. The van der Waals surface area contributed by atoms with Gasteiger partial charge in [0.2, 0.25) is 11.5 Å². The van der Waals surface area contributed by atoms with Gasteiger partial charge in [-0.1, -0.05) is 23.4 Å². The minimum absolute atomic E-state index is 0.0811. The summed E-state index contributed by atoms with van der Waals surface area (Å²) in [5.74, 6) is 0.783. The van der Waals surface area contributed by atoms with Crippen molar-refractivity contribution in [1.29, 1.82) is 0 Å². The second-order valence-corrected chi connectivity index (χ2v) is 7.66. The minimum Gasteiger partial charge on any atom is -0.496 e. The van der Waals surface area contributed by atoms with Crippen molar-refractivity contribution in [1.82, 2.24) is 0 Å². The molecule has 2 amide bonds. The van der Waals surface area contributed by atoms with Gasteiger partial charge >= 0.3 is 0 Å². The molecule has 0 saturated carbocycles. The zero-order valence-corrected chi connectivity index (χ0v) is 18.1. The summed E-state index contributed by atoms with van der Waals surface area (Å²) >= 11 is 0. The molecule has 0 radical (unpaired) electrons. The number of methoxy groups -OCH3 is 3. The number of para-hydroxylation sites is 1. The average molecular weight is 424 g/mol. The molecule has 1 fully saturated rings. The van der Waals surface area contributed by atoms with Crippen LogP contribution in [0.5, 0.6) is 17.2 Å². The molecule has 8 heteroatoms. The number of anilines is 1. The summed E-state index contributed by atoms with van der Waals surface area (Å²) in [5.41, 5.74) is 2.05. The van der Waals surface area contributed by atoms with Gasteiger partial charge in [0.15, 0.2) is 11.5 Å². The smallest absolute Gasteiger partial charge is 0.281 e. The van der Waals surface area contributed by atoms with E-state index in [9.17, 15) is 9.59 Å². The first-order valence-corrected chi connectivity index (χ1v) is 9.84. The topological polar surface area (TPSA) is 86.7 Å². The van der Waals surface area contributed by atoms with Crippen LogP contribution in [0.25, 0.3) is 0 Å². The lowest BCUT2D eigenvalue weighted by Gasteiger charge is -2.22. The largest absolute Gasteiger partial charge is 0.496 e. The van der Waals surface area contributed by atoms with Crippen LogP contribution in [0.1, 0.15) is 29.5 Å². The molecule has 0 N–H and O–H groups in total. The van der Waals surface area contributed by atoms with E-state index in [-0.39, 0.29) is 18.7 Å². The van der Waals surface area contributed by atoms with E-state index >= 15 is 0 Å². The number of carbonyl (C=O) groups excluding carboxylic acids is 2. The minimum atomic E-state index is -1.36. The Labute approximate surface area is 180 Å². The van der Waals surface area contributed by atoms with Crippen LogP contribution in [0.4, 0.5) is 5.69 Å². The van der Waals surface area contributed by atoms with E-state index < -0.39 is 11.5 Å². The van der Waals surface area contributed by atoms with Gasteiger partial charge in [-0.2, -0.15) is 0 Å². The van der Waals surface area contributed by atoms with Crippen molar-refractivity contribution in [2.75, 3.05) is 26.2 Å². The van der Waals surface area contributed by atoms with E-state index in [1.54, 1.807) is 12.1 Å². The van der Waals surface area contributed by atoms with E-state index in [1.807, 2.05) is 32.0 Å². The van der Waals surface area contributed by atoms with E-state index in [1.165, 1.54) is 26.2 Å². The molecule has 2 aromatic carbocycles. The van der Waals surface area contributed by atoms with Crippen LogP contribution >= 0.6 is 0 Å². The van der Waals surface area contributed by atoms with E-state index in [2.05, 4.69) is 5.16 Å². The molecule has 2 aromatic rings. The van der Waals surface area contributed by atoms with Crippen LogP contribution in [-0.2, 0) is 14.4 Å². The highest BCUT2D eigenvalue weighted by molar-refractivity contribution is 6.26. The number of oxime groups is 1. The van der Waals surface area contributed by atoms with Crippen LogP contribution in [0.3, 0.4) is 0 Å². The third kappa shape index (κ3) is 3.19. The van der Waals surface area contributed by atoms with Crippen LogP contribution in [0.15, 0.2) is 35.5 Å². The molecule has 0 bridgehead atoms. The van der Waals surface area contributed by atoms with Gasteiger partial charge in [-0.05, 0) is 31.0 Å². The third-order valence-electron chi connectivity index (χ3n) is 5.74. The van der Waals surface area contributed by atoms with Gasteiger partial charge in [0.1, 0.15) is 5.75 Å². The highest BCUT2D eigenvalue weighted by Gasteiger charge is 2.58. The quantitative estimate of drug-likeness (QED) is 0.686. The third-order valence-corrected chi connectivity index (χ3v) is 5.74. The number of rotatable bonds is 5. The van der Waals surface area contributed by atoms with Crippen molar-refractivity contribution >= 4 is 23.2 Å². The first kappa shape index (κ1) is 20.7. The highest BCUT2D eigenvalue weighted by atomic mass is 16.7. The van der Waals surface area contributed by atoms with E-state index in [0.717, 1.165) is 11.1 Å². The maximum Gasteiger partial charge on any atom is 0.281 e. The lowest BCUT2D eigenvalue weighted by molar-refractivity contribution is -0.136. The fourth-order valence-corrected chi connectivity index (χ4v) is 4.19. The van der Waals surface area contributed by atoms with Crippen molar-refractivity contribution in [3.05, 3.63) is 47.0 Å². The molecule has 1 spiro atoms. The Morgan fingerprint density at radius 3 is 2.16 bits per heavy atom. The normalized spacial score (nSPS) is 20.2. The molecule has 2 aliphatic heterocycles. The number of hydrogen-bond acceptors (Lipinski definition) is 7. The predicted octanol–water partition coefficient (Wildman–Crippen LogP) is 3.16. The molecule has 31 heavy (non-hydrogen) atoms. The van der Waals surface area contributed by atoms with E-state index in [4.69, 9.17) is 19.0 Å². The molecule has 2 aliphatic rings. The number of carbonyl (C=O) groups is 2. The Hall–Kier alpha value is -3.55. The van der Waals surface area contributed by atoms with Gasteiger partial charge in [-0.25, -0.2) is 4.90 Å². The average Bonchev–Trinajstić information content (AvgIpc) is 3.28. The molecule has 2 heterocycles. The molecule has 162 valence electrons. The lowest BCUT2D eigenvalue weighted by atomic mass is 9.92. The number of hydrogen-bond donors (Lipinski definition) is 0. The summed E-state index contributed by atoms with van der Waals surface area (Å²) in [6.07, 6.45) is 0.0626. The zero-order chi connectivity index (χ0) is 22.3. The van der Waals surface area contributed by atoms with Crippen LogP contribution < -0.4 is 19.1 Å². The summed E-state index contributed by atoms with van der Waals surface area (Å²) in [7, 11) is 4.60. The van der Waals surface area contributed by atoms with Gasteiger partial charge in [-0.3, -0.25) is 9.59 Å². The maximum absolute atomic E-state index is 13.4. The van der Waals surface area contributed by atoms with E-state index in [0.29, 0.717) is 34.2 Å². The predicted molar refractivity (Wildman–Crippen MR) is 114 cm³/mol. The zero-order valence-electron chi connectivity index (χ0n) is 18.1. The van der Waals surface area contributed by atoms with Crippen LogP contribution in [-0.4, -0.2) is 44.5 Å². The highest BCUT2D eigenvalue weighted by Crippen LogP contribution is 2.43. The lowest BCUT2D eigenvalue weighted by Crippen LogP contribution is -2.41. The van der Waals surface area contributed by atoms with Crippen LogP contribution in [0, 0.1) is 13.8 Å². The monoisotopic (exact) mass is 424 g/mol. The van der Waals surface area contributed by atoms with Crippen molar-refractivity contribution in [2.24, 2.45) is 5.16 Å². The molecule has 1 unspecified atom stereocenters. The number of ether oxygens (including phenoxy) is 3. The standard InChI is InChI=1S/C23H24N2O6/c1-13-7-6-8-14(2)21(13)25-20(26)12-23(22(25)27)11-16(24-31-23)15-9-18(29-4)19(30-5)10-17(15)28-3/h6-10H,11-12H2,1-5H3. The summed E-state index contributed by atoms with van der Waals surface area (Å²) in [6.45, 7) is 3.75. The summed E-state index contributed by atoms with van der Waals surface area (Å²) < 4.78 is 16.2. The van der Waals surface area contributed by atoms with Gasteiger partial charge in [0, 0.05) is 18.1 Å².